The number of nitrogens with one attached hydrogen (secondary N) is 1. The van der Waals surface area contributed by atoms with E-state index in [1.807, 2.05) is 6.92 Å². The number of halogens is 1. The maximum Gasteiger partial charge on any atom is 0.241 e. The van der Waals surface area contributed by atoms with Gasteiger partial charge in [-0.3, -0.25) is 10.2 Å². The molecular formula is C11H15FN2O. The van der Waals surface area contributed by atoms with Crippen LogP contribution in [-0.2, 0) is 4.79 Å². The van der Waals surface area contributed by atoms with Crippen molar-refractivity contribution in [1.82, 2.24) is 5.43 Å². The molecule has 0 aromatic heterocycles. The number of rotatable bonds is 4. The average molecular weight is 210 g/mol. The predicted molar refractivity (Wildman–Crippen MR) is 56.4 cm³/mol. The molecule has 0 aliphatic carbocycles. The van der Waals surface area contributed by atoms with Crippen LogP contribution in [0.2, 0.25) is 0 Å². The summed E-state index contributed by atoms with van der Waals surface area (Å²) in [7, 11) is 0. The van der Waals surface area contributed by atoms with Gasteiger partial charge in [-0.25, -0.2) is 10.2 Å². The minimum atomic E-state index is -0.499. The van der Waals surface area contributed by atoms with E-state index in [0.717, 1.165) is 6.42 Å². The first kappa shape index (κ1) is 11.7. The maximum absolute atomic E-state index is 13.4. The minimum absolute atomic E-state index is 0.345. The van der Waals surface area contributed by atoms with E-state index in [1.54, 1.807) is 18.2 Å². The first-order valence-corrected chi connectivity index (χ1v) is 4.95. The second-order valence-corrected chi connectivity index (χ2v) is 3.37. The van der Waals surface area contributed by atoms with Crippen molar-refractivity contribution in [3.8, 4) is 0 Å². The normalized spacial score (nSPS) is 12.2. The van der Waals surface area contributed by atoms with Gasteiger partial charge in [0.15, 0.2) is 0 Å². The highest BCUT2D eigenvalue weighted by Crippen LogP contribution is 2.23. The number of benzene rings is 1. The van der Waals surface area contributed by atoms with E-state index < -0.39 is 5.92 Å². The molecule has 82 valence electrons. The SMILES string of the molecule is CCCC(C(=O)NN)c1ccccc1F. The van der Waals surface area contributed by atoms with Gasteiger partial charge in [-0.15, -0.1) is 0 Å². The number of hydrazine groups is 1. The fourth-order valence-corrected chi connectivity index (χ4v) is 1.57. The fraction of sp³-hybridized carbons (Fsp3) is 0.364. The maximum atomic E-state index is 13.4. The monoisotopic (exact) mass is 210 g/mol. The lowest BCUT2D eigenvalue weighted by Gasteiger charge is -2.15. The van der Waals surface area contributed by atoms with Gasteiger partial charge >= 0.3 is 0 Å². The Balaban J connectivity index is 2.98. The Labute approximate surface area is 88.4 Å². The molecule has 3 N–H and O–H groups in total. The lowest BCUT2D eigenvalue weighted by molar-refractivity contribution is -0.122. The van der Waals surface area contributed by atoms with Crippen LogP contribution < -0.4 is 11.3 Å². The van der Waals surface area contributed by atoms with Crippen LogP contribution >= 0.6 is 0 Å². The number of nitrogens with two attached hydrogens (primary N) is 1. The Hall–Kier alpha value is -1.42. The van der Waals surface area contributed by atoms with Crippen LogP contribution in [-0.4, -0.2) is 5.91 Å². The van der Waals surface area contributed by atoms with Crippen LogP contribution in [0.4, 0.5) is 4.39 Å². The van der Waals surface area contributed by atoms with Gasteiger partial charge in [0.2, 0.25) is 5.91 Å². The number of hydrogen-bond donors (Lipinski definition) is 2. The van der Waals surface area contributed by atoms with Gasteiger partial charge in [0.1, 0.15) is 5.82 Å². The van der Waals surface area contributed by atoms with Gasteiger partial charge in [-0.1, -0.05) is 31.5 Å². The Morgan fingerprint density at radius 3 is 2.73 bits per heavy atom. The van der Waals surface area contributed by atoms with Crippen LogP contribution in [0.5, 0.6) is 0 Å². The van der Waals surface area contributed by atoms with Gasteiger partial charge < -0.3 is 0 Å². The third kappa shape index (κ3) is 2.76. The molecule has 15 heavy (non-hydrogen) atoms. The van der Waals surface area contributed by atoms with Gasteiger partial charge in [-0.2, -0.15) is 0 Å². The molecule has 1 atom stereocenters. The first-order valence-electron chi connectivity index (χ1n) is 4.95. The standard InChI is InChI=1S/C11H15FN2O/c1-2-5-9(11(15)14-13)8-6-3-4-7-10(8)12/h3-4,6-7,9H,2,5,13H2,1H3,(H,14,15). The van der Waals surface area contributed by atoms with E-state index in [2.05, 4.69) is 5.43 Å². The fourth-order valence-electron chi connectivity index (χ4n) is 1.57. The average Bonchev–Trinajstić information content (AvgIpc) is 2.26. The summed E-state index contributed by atoms with van der Waals surface area (Å²) in [4.78, 5) is 11.5. The third-order valence-corrected chi connectivity index (χ3v) is 2.32. The molecule has 4 heteroatoms. The largest absolute Gasteiger partial charge is 0.294 e. The van der Waals surface area contributed by atoms with E-state index >= 15 is 0 Å². The lowest BCUT2D eigenvalue weighted by Crippen LogP contribution is -2.35. The highest BCUT2D eigenvalue weighted by Gasteiger charge is 2.21. The lowest BCUT2D eigenvalue weighted by atomic mass is 9.93. The van der Waals surface area contributed by atoms with Crippen molar-refractivity contribution in [2.45, 2.75) is 25.7 Å². The van der Waals surface area contributed by atoms with E-state index in [0.29, 0.717) is 12.0 Å². The van der Waals surface area contributed by atoms with Crippen LogP contribution in [0.3, 0.4) is 0 Å². The quantitative estimate of drug-likeness (QED) is 0.451. The third-order valence-electron chi connectivity index (χ3n) is 2.32. The Morgan fingerprint density at radius 2 is 2.20 bits per heavy atom. The molecule has 0 aliphatic heterocycles. The highest BCUT2D eigenvalue weighted by molar-refractivity contribution is 5.83. The van der Waals surface area contributed by atoms with Gasteiger partial charge in [0, 0.05) is 5.56 Å². The van der Waals surface area contributed by atoms with Gasteiger partial charge in [-0.05, 0) is 12.5 Å². The number of carbonyl (C=O) groups excluding carboxylic acids is 1. The van der Waals surface area contributed by atoms with Crippen molar-refractivity contribution in [2.75, 3.05) is 0 Å². The molecule has 0 bridgehead atoms. The smallest absolute Gasteiger partial charge is 0.241 e. The van der Waals surface area contributed by atoms with E-state index in [-0.39, 0.29) is 11.7 Å². The Bertz CT molecular complexity index is 341. The zero-order chi connectivity index (χ0) is 11.3. The van der Waals surface area contributed by atoms with Crippen molar-refractivity contribution in [2.24, 2.45) is 5.84 Å². The minimum Gasteiger partial charge on any atom is -0.294 e. The molecule has 0 saturated heterocycles. The van der Waals surface area contributed by atoms with Crippen molar-refractivity contribution in [3.05, 3.63) is 35.6 Å². The highest BCUT2D eigenvalue weighted by atomic mass is 19.1. The van der Waals surface area contributed by atoms with E-state index in [1.165, 1.54) is 6.07 Å². The second-order valence-electron chi connectivity index (χ2n) is 3.37. The molecule has 1 aromatic rings. The summed E-state index contributed by atoms with van der Waals surface area (Å²) in [5.74, 6) is 3.86. The summed E-state index contributed by atoms with van der Waals surface area (Å²) in [5, 5.41) is 0. The molecule has 1 unspecified atom stereocenters. The summed E-state index contributed by atoms with van der Waals surface area (Å²) in [6.45, 7) is 1.94. The number of hydrogen-bond acceptors (Lipinski definition) is 2. The number of amides is 1. The second kappa shape index (κ2) is 5.46. The van der Waals surface area contributed by atoms with Crippen molar-refractivity contribution in [3.63, 3.8) is 0 Å². The molecule has 0 aliphatic rings. The molecule has 1 aromatic carbocycles. The van der Waals surface area contributed by atoms with Crippen LogP contribution in [0.15, 0.2) is 24.3 Å². The zero-order valence-corrected chi connectivity index (χ0v) is 8.66. The Morgan fingerprint density at radius 1 is 1.53 bits per heavy atom. The van der Waals surface area contributed by atoms with Crippen molar-refractivity contribution < 1.29 is 9.18 Å². The Kier molecular flexibility index (Phi) is 4.24. The topological polar surface area (TPSA) is 55.1 Å². The summed E-state index contributed by atoms with van der Waals surface area (Å²) >= 11 is 0. The molecular weight excluding hydrogens is 195 g/mol. The summed E-state index contributed by atoms with van der Waals surface area (Å²) < 4.78 is 13.4. The molecule has 1 amide bonds. The molecule has 0 saturated carbocycles. The van der Waals surface area contributed by atoms with Crippen LogP contribution in [0, 0.1) is 5.82 Å². The molecule has 3 nitrogen and oxygen atoms in total. The molecule has 0 spiro atoms. The van der Waals surface area contributed by atoms with Gasteiger partial charge in [0.25, 0.3) is 0 Å². The molecule has 0 radical (unpaired) electrons. The number of carbonyl (C=O) groups is 1. The summed E-state index contributed by atoms with van der Waals surface area (Å²) in [6, 6.07) is 6.28. The summed E-state index contributed by atoms with van der Waals surface area (Å²) in [6.07, 6.45) is 1.39. The molecule has 1 rings (SSSR count). The van der Waals surface area contributed by atoms with Crippen molar-refractivity contribution >= 4 is 5.91 Å². The van der Waals surface area contributed by atoms with Crippen molar-refractivity contribution in [1.29, 1.82) is 0 Å². The van der Waals surface area contributed by atoms with Crippen LogP contribution in [0.1, 0.15) is 31.2 Å². The predicted octanol–water partition coefficient (Wildman–Crippen LogP) is 1.70. The van der Waals surface area contributed by atoms with Crippen LogP contribution in [0.25, 0.3) is 0 Å². The molecule has 0 fully saturated rings. The first-order chi connectivity index (χ1) is 7.20. The van der Waals surface area contributed by atoms with E-state index in [4.69, 9.17) is 5.84 Å². The van der Waals surface area contributed by atoms with Gasteiger partial charge in [0.05, 0.1) is 5.92 Å². The van der Waals surface area contributed by atoms with E-state index in [9.17, 15) is 9.18 Å². The molecule has 0 heterocycles. The summed E-state index contributed by atoms with van der Waals surface area (Å²) in [5.41, 5.74) is 2.47. The zero-order valence-electron chi connectivity index (χ0n) is 8.66.